The lowest BCUT2D eigenvalue weighted by Gasteiger charge is -2.34. The van der Waals surface area contributed by atoms with Crippen LogP contribution in [0.15, 0.2) is 9.42 Å². The van der Waals surface area contributed by atoms with E-state index in [0.29, 0.717) is 30.3 Å². The Balaban J connectivity index is 1.70. The molecule has 1 aliphatic carbocycles. The lowest BCUT2D eigenvalue weighted by molar-refractivity contribution is -0.127. The van der Waals surface area contributed by atoms with Crippen molar-refractivity contribution >= 4 is 15.9 Å². The quantitative estimate of drug-likeness (QED) is 0.862. The monoisotopic (exact) mass is 383 g/mol. The van der Waals surface area contributed by atoms with Crippen LogP contribution in [0.5, 0.6) is 0 Å². The van der Waals surface area contributed by atoms with Gasteiger partial charge in [0, 0.05) is 19.1 Å². The predicted molar refractivity (Wildman–Crippen MR) is 97.0 cm³/mol. The lowest BCUT2D eigenvalue weighted by Crippen LogP contribution is -2.49. The van der Waals surface area contributed by atoms with E-state index in [2.05, 4.69) is 17.4 Å². The predicted octanol–water partition coefficient (Wildman–Crippen LogP) is 2.39. The van der Waals surface area contributed by atoms with Crippen molar-refractivity contribution in [1.82, 2.24) is 14.8 Å². The van der Waals surface area contributed by atoms with E-state index in [4.69, 9.17) is 4.52 Å². The summed E-state index contributed by atoms with van der Waals surface area (Å²) in [7, 11) is -3.69. The van der Waals surface area contributed by atoms with E-state index in [0.717, 1.165) is 25.7 Å². The van der Waals surface area contributed by atoms with Gasteiger partial charge >= 0.3 is 0 Å². The second-order valence-electron chi connectivity index (χ2n) is 7.73. The van der Waals surface area contributed by atoms with Gasteiger partial charge in [-0.3, -0.25) is 4.79 Å². The van der Waals surface area contributed by atoms with Crippen LogP contribution in [-0.2, 0) is 14.8 Å². The molecule has 1 saturated carbocycles. The number of nitrogens with one attached hydrogen (secondary N) is 1. The highest BCUT2D eigenvalue weighted by atomic mass is 32.2. The largest absolute Gasteiger partial charge is 0.360 e. The van der Waals surface area contributed by atoms with Gasteiger partial charge in [-0.15, -0.1) is 0 Å². The number of carbonyl (C=O) groups excluding carboxylic acids is 1. The second kappa shape index (κ2) is 7.68. The second-order valence-corrected chi connectivity index (χ2v) is 9.61. The zero-order valence-corrected chi connectivity index (χ0v) is 16.6. The van der Waals surface area contributed by atoms with Gasteiger partial charge in [-0.1, -0.05) is 24.9 Å². The molecule has 1 amide bonds. The maximum Gasteiger partial charge on any atom is 0.248 e. The number of hydrogen-bond donors (Lipinski definition) is 1. The average Bonchev–Trinajstić information content (AvgIpc) is 2.96. The van der Waals surface area contributed by atoms with E-state index in [1.54, 1.807) is 13.8 Å². The topological polar surface area (TPSA) is 92.5 Å². The fourth-order valence-electron chi connectivity index (χ4n) is 4.18. The van der Waals surface area contributed by atoms with Crippen molar-refractivity contribution in [2.45, 2.75) is 70.2 Å². The minimum atomic E-state index is -3.69. The van der Waals surface area contributed by atoms with Crippen LogP contribution in [0.3, 0.4) is 0 Å². The minimum Gasteiger partial charge on any atom is -0.360 e. The van der Waals surface area contributed by atoms with Crippen LogP contribution >= 0.6 is 0 Å². The first-order valence-corrected chi connectivity index (χ1v) is 11.0. The van der Waals surface area contributed by atoms with E-state index in [9.17, 15) is 13.2 Å². The number of piperidine rings is 1. The molecular weight excluding hydrogens is 354 g/mol. The fourth-order valence-corrected chi connectivity index (χ4v) is 5.99. The summed E-state index contributed by atoms with van der Waals surface area (Å²) in [6.45, 7) is 6.06. The standard InChI is InChI=1S/C18H29N3O4S/c1-12-7-4-5-9-16(12)19-18(22)15-8-6-10-21(11-15)26(23,24)17-13(2)20-25-14(17)3/h12,15-16H,4-11H2,1-3H3,(H,19,22). The molecule has 26 heavy (non-hydrogen) atoms. The Labute approximate surface area is 155 Å². The molecule has 1 aliphatic heterocycles. The summed E-state index contributed by atoms with van der Waals surface area (Å²) >= 11 is 0. The van der Waals surface area contributed by atoms with Gasteiger partial charge in [0.05, 0.1) is 5.92 Å². The maximum absolute atomic E-state index is 13.0. The molecule has 3 atom stereocenters. The minimum absolute atomic E-state index is 0.0117. The molecule has 1 aromatic rings. The van der Waals surface area contributed by atoms with Crippen LogP contribution in [0.2, 0.25) is 0 Å². The Morgan fingerprint density at radius 1 is 1.19 bits per heavy atom. The SMILES string of the molecule is Cc1noc(C)c1S(=O)(=O)N1CCCC(C(=O)NC2CCCCC2C)C1. The van der Waals surface area contributed by atoms with E-state index in [1.807, 2.05) is 0 Å². The van der Waals surface area contributed by atoms with Gasteiger partial charge in [-0.2, -0.15) is 4.31 Å². The number of amides is 1. The molecule has 1 N–H and O–H groups in total. The van der Waals surface area contributed by atoms with Gasteiger partial charge in [0.2, 0.25) is 15.9 Å². The summed E-state index contributed by atoms with van der Waals surface area (Å²) in [4.78, 5) is 12.9. The van der Waals surface area contributed by atoms with Crippen molar-refractivity contribution in [1.29, 1.82) is 0 Å². The van der Waals surface area contributed by atoms with Gasteiger partial charge < -0.3 is 9.84 Å². The summed E-state index contributed by atoms with van der Waals surface area (Å²) in [6, 6.07) is 0.214. The van der Waals surface area contributed by atoms with Crippen LogP contribution in [0.25, 0.3) is 0 Å². The number of aromatic nitrogens is 1. The molecule has 2 aliphatic rings. The third-order valence-electron chi connectivity index (χ3n) is 5.76. The third kappa shape index (κ3) is 3.81. The summed E-state index contributed by atoms with van der Waals surface area (Å²) in [5.41, 5.74) is 0.366. The zero-order valence-electron chi connectivity index (χ0n) is 15.8. The van der Waals surface area contributed by atoms with Crippen molar-refractivity contribution in [2.24, 2.45) is 11.8 Å². The Morgan fingerprint density at radius 2 is 1.92 bits per heavy atom. The van der Waals surface area contributed by atoms with Crippen molar-refractivity contribution in [3.8, 4) is 0 Å². The number of hydrogen-bond acceptors (Lipinski definition) is 5. The van der Waals surface area contributed by atoms with E-state index in [-0.39, 0.29) is 29.3 Å². The van der Waals surface area contributed by atoms with Gasteiger partial charge in [0.15, 0.2) is 5.76 Å². The molecule has 3 unspecified atom stereocenters. The molecule has 2 heterocycles. The van der Waals surface area contributed by atoms with Crippen molar-refractivity contribution < 1.29 is 17.7 Å². The van der Waals surface area contributed by atoms with Gasteiger partial charge in [0.1, 0.15) is 10.6 Å². The van der Waals surface area contributed by atoms with Crippen molar-refractivity contribution in [3.63, 3.8) is 0 Å². The normalized spacial score (nSPS) is 28.0. The Hall–Kier alpha value is -1.41. The van der Waals surface area contributed by atoms with Crippen LogP contribution in [-0.4, -0.2) is 42.9 Å². The highest BCUT2D eigenvalue weighted by molar-refractivity contribution is 7.89. The summed E-state index contributed by atoms with van der Waals surface area (Å²) in [6.07, 6.45) is 5.93. The molecule has 0 radical (unpaired) electrons. The molecule has 0 spiro atoms. The van der Waals surface area contributed by atoms with E-state index >= 15 is 0 Å². The first-order chi connectivity index (χ1) is 12.3. The lowest BCUT2D eigenvalue weighted by atomic mass is 9.85. The molecule has 0 aromatic carbocycles. The first-order valence-electron chi connectivity index (χ1n) is 9.54. The smallest absolute Gasteiger partial charge is 0.248 e. The number of rotatable bonds is 4. The van der Waals surface area contributed by atoms with Crippen LogP contribution in [0, 0.1) is 25.7 Å². The van der Waals surface area contributed by atoms with Crippen LogP contribution in [0.1, 0.15) is 56.9 Å². The number of carbonyl (C=O) groups is 1. The molecule has 1 saturated heterocycles. The molecule has 0 bridgehead atoms. The summed E-state index contributed by atoms with van der Waals surface area (Å²) < 4.78 is 32.4. The maximum atomic E-state index is 13.0. The molecule has 3 rings (SSSR count). The molecule has 7 nitrogen and oxygen atoms in total. The molecule has 8 heteroatoms. The Bertz CT molecular complexity index is 739. The highest BCUT2D eigenvalue weighted by Crippen LogP contribution is 2.29. The molecular formula is C18H29N3O4S. The zero-order chi connectivity index (χ0) is 18.9. The number of sulfonamides is 1. The Kier molecular flexibility index (Phi) is 5.72. The van der Waals surface area contributed by atoms with Crippen molar-refractivity contribution in [2.75, 3.05) is 13.1 Å². The van der Waals surface area contributed by atoms with E-state index < -0.39 is 10.0 Å². The molecule has 2 fully saturated rings. The summed E-state index contributed by atoms with van der Waals surface area (Å²) in [5.74, 6) is 0.471. The molecule has 1 aromatic heterocycles. The average molecular weight is 384 g/mol. The van der Waals surface area contributed by atoms with Gasteiger partial charge in [-0.25, -0.2) is 8.42 Å². The van der Waals surface area contributed by atoms with Gasteiger partial charge in [-0.05, 0) is 45.4 Å². The van der Waals surface area contributed by atoms with Crippen LogP contribution in [0.4, 0.5) is 0 Å². The summed E-state index contributed by atoms with van der Waals surface area (Å²) in [5, 5.41) is 6.93. The fraction of sp³-hybridized carbons (Fsp3) is 0.778. The van der Waals surface area contributed by atoms with Crippen LogP contribution < -0.4 is 5.32 Å². The molecule has 146 valence electrons. The highest BCUT2D eigenvalue weighted by Gasteiger charge is 2.37. The Morgan fingerprint density at radius 3 is 2.58 bits per heavy atom. The number of nitrogens with zero attached hydrogens (tertiary/aromatic N) is 2. The third-order valence-corrected chi connectivity index (χ3v) is 7.87. The first kappa shape index (κ1) is 19.4. The van der Waals surface area contributed by atoms with Gasteiger partial charge in [0.25, 0.3) is 0 Å². The van der Waals surface area contributed by atoms with Crippen molar-refractivity contribution in [3.05, 3.63) is 11.5 Å². The van der Waals surface area contributed by atoms with E-state index in [1.165, 1.54) is 10.7 Å². The number of aryl methyl sites for hydroxylation is 2.